The quantitative estimate of drug-likeness (QED) is 0.394. The molecular weight excluding hydrogens is 384 g/mol. The van der Waals surface area contributed by atoms with Crippen LogP contribution < -0.4 is 0 Å². The number of ether oxygens (including phenoxy) is 6. The summed E-state index contributed by atoms with van der Waals surface area (Å²) in [5.41, 5.74) is 0. The molecule has 0 spiro atoms. The Bertz CT molecular complexity index is 571. The predicted octanol–water partition coefficient (Wildman–Crippen LogP) is -0.829. The Hall–Kier alpha value is -2.73. The van der Waals surface area contributed by atoms with Crippen molar-refractivity contribution in [2.24, 2.45) is 0 Å². The fourth-order valence-corrected chi connectivity index (χ4v) is 2.48. The number of aliphatic carboxylic acids is 1. The standard InChI is InChI=1S/C16H22O12/c1-7(17)23-5-11-13(25-8(2)18)14(26-9(3)19)15(27-10(4)20)16(28-11)24-6-12(21)22/h11,13-16H,5-6H2,1-4H3,(H,21,22)/t11-,13-,14+,15-,16+/m1/s1. The van der Waals surface area contributed by atoms with Gasteiger partial charge in [-0.15, -0.1) is 0 Å². The minimum Gasteiger partial charge on any atom is -0.480 e. The summed E-state index contributed by atoms with van der Waals surface area (Å²) in [5.74, 6) is -4.39. The van der Waals surface area contributed by atoms with Crippen LogP contribution in [0.15, 0.2) is 0 Å². The summed E-state index contributed by atoms with van der Waals surface area (Å²) >= 11 is 0. The van der Waals surface area contributed by atoms with E-state index < -0.39 is 73.8 Å². The monoisotopic (exact) mass is 406 g/mol. The predicted molar refractivity (Wildman–Crippen MR) is 85.5 cm³/mol. The molecule has 0 aromatic heterocycles. The van der Waals surface area contributed by atoms with Crippen LogP contribution in [0.25, 0.3) is 0 Å². The smallest absolute Gasteiger partial charge is 0.329 e. The summed E-state index contributed by atoms with van der Waals surface area (Å²) in [5, 5.41) is 8.82. The Labute approximate surface area is 159 Å². The van der Waals surface area contributed by atoms with Crippen molar-refractivity contribution in [3.63, 3.8) is 0 Å². The zero-order valence-electron chi connectivity index (χ0n) is 15.7. The molecule has 1 aliphatic heterocycles. The maximum atomic E-state index is 11.6. The number of rotatable bonds is 8. The van der Waals surface area contributed by atoms with Gasteiger partial charge < -0.3 is 33.5 Å². The molecule has 1 N–H and O–H groups in total. The summed E-state index contributed by atoms with van der Waals surface area (Å²) in [4.78, 5) is 56.5. The molecule has 0 aromatic rings. The molecule has 0 radical (unpaired) electrons. The van der Waals surface area contributed by atoms with Gasteiger partial charge >= 0.3 is 29.8 Å². The molecule has 0 aliphatic carbocycles. The third-order valence-electron chi connectivity index (χ3n) is 3.32. The molecule has 1 aliphatic rings. The summed E-state index contributed by atoms with van der Waals surface area (Å²) in [6.07, 6.45) is -6.87. The number of esters is 4. The lowest BCUT2D eigenvalue weighted by Crippen LogP contribution is -2.63. The SMILES string of the molecule is CC(=O)OC[C@H]1O[C@H](OCC(=O)O)[C@H](OC(C)=O)[C@@H](OC(C)=O)[C@@H]1OC(C)=O. The van der Waals surface area contributed by atoms with Crippen molar-refractivity contribution in [2.45, 2.75) is 58.4 Å². The Morgan fingerprint density at radius 2 is 1.29 bits per heavy atom. The van der Waals surface area contributed by atoms with Crippen molar-refractivity contribution in [1.82, 2.24) is 0 Å². The van der Waals surface area contributed by atoms with E-state index in [9.17, 15) is 24.0 Å². The van der Waals surface area contributed by atoms with Gasteiger partial charge in [0.1, 0.15) is 19.3 Å². The first-order valence-electron chi connectivity index (χ1n) is 8.15. The second kappa shape index (κ2) is 10.6. The van der Waals surface area contributed by atoms with Gasteiger partial charge in [-0.1, -0.05) is 0 Å². The van der Waals surface area contributed by atoms with Crippen molar-refractivity contribution < 1.29 is 57.5 Å². The fourth-order valence-electron chi connectivity index (χ4n) is 2.48. The van der Waals surface area contributed by atoms with Gasteiger partial charge in [0.05, 0.1) is 0 Å². The van der Waals surface area contributed by atoms with E-state index in [2.05, 4.69) is 0 Å². The molecule has 1 heterocycles. The van der Waals surface area contributed by atoms with Gasteiger partial charge in [-0.25, -0.2) is 4.79 Å². The Balaban J connectivity index is 3.26. The van der Waals surface area contributed by atoms with Gasteiger partial charge in [-0.2, -0.15) is 0 Å². The van der Waals surface area contributed by atoms with Crippen molar-refractivity contribution in [3.8, 4) is 0 Å². The topological polar surface area (TPSA) is 161 Å². The third-order valence-corrected chi connectivity index (χ3v) is 3.32. The average molecular weight is 406 g/mol. The van der Waals surface area contributed by atoms with E-state index in [1.807, 2.05) is 0 Å². The van der Waals surface area contributed by atoms with Gasteiger partial charge in [-0.3, -0.25) is 19.2 Å². The van der Waals surface area contributed by atoms with E-state index in [0.29, 0.717) is 0 Å². The van der Waals surface area contributed by atoms with Crippen LogP contribution in [-0.4, -0.2) is 78.9 Å². The number of carboxylic acids is 1. The van der Waals surface area contributed by atoms with Gasteiger partial charge in [-0.05, 0) is 0 Å². The zero-order chi connectivity index (χ0) is 21.4. The molecule has 12 heteroatoms. The Morgan fingerprint density at radius 3 is 1.75 bits per heavy atom. The zero-order valence-corrected chi connectivity index (χ0v) is 15.7. The third kappa shape index (κ3) is 7.48. The number of carbonyl (C=O) groups is 5. The normalized spacial score (nSPS) is 26.6. The average Bonchev–Trinajstić information content (AvgIpc) is 2.54. The Morgan fingerprint density at radius 1 is 0.786 bits per heavy atom. The molecule has 0 bridgehead atoms. The van der Waals surface area contributed by atoms with Crippen LogP contribution in [0.5, 0.6) is 0 Å². The molecule has 158 valence electrons. The van der Waals surface area contributed by atoms with Crippen molar-refractivity contribution >= 4 is 29.8 Å². The van der Waals surface area contributed by atoms with Gasteiger partial charge in [0.2, 0.25) is 0 Å². The minimum absolute atomic E-state index is 0.426. The van der Waals surface area contributed by atoms with Gasteiger partial charge in [0.25, 0.3) is 0 Å². The summed E-state index contributed by atoms with van der Waals surface area (Å²) in [6.45, 7) is 3.09. The number of hydrogen-bond donors (Lipinski definition) is 1. The van der Waals surface area contributed by atoms with E-state index in [4.69, 9.17) is 33.5 Å². The first-order valence-corrected chi connectivity index (χ1v) is 8.15. The maximum Gasteiger partial charge on any atom is 0.329 e. The van der Waals surface area contributed by atoms with E-state index in [1.165, 1.54) is 0 Å². The van der Waals surface area contributed by atoms with Crippen LogP contribution in [-0.2, 0) is 52.4 Å². The summed E-state index contributed by atoms with van der Waals surface area (Å²) in [6, 6.07) is 0. The van der Waals surface area contributed by atoms with Crippen LogP contribution in [0.3, 0.4) is 0 Å². The van der Waals surface area contributed by atoms with Crippen molar-refractivity contribution in [1.29, 1.82) is 0 Å². The van der Waals surface area contributed by atoms with Crippen LogP contribution in [0.2, 0.25) is 0 Å². The lowest BCUT2D eigenvalue weighted by molar-refractivity contribution is -0.307. The van der Waals surface area contributed by atoms with Crippen LogP contribution in [0, 0.1) is 0 Å². The lowest BCUT2D eigenvalue weighted by Gasteiger charge is -2.43. The van der Waals surface area contributed by atoms with Gasteiger partial charge in [0.15, 0.2) is 24.6 Å². The van der Waals surface area contributed by atoms with E-state index >= 15 is 0 Å². The fraction of sp³-hybridized carbons (Fsp3) is 0.688. The molecule has 0 unspecified atom stereocenters. The number of carbonyl (C=O) groups excluding carboxylic acids is 4. The van der Waals surface area contributed by atoms with Crippen LogP contribution in [0.1, 0.15) is 27.7 Å². The van der Waals surface area contributed by atoms with Crippen LogP contribution >= 0.6 is 0 Å². The maximum absolute atomic E-state index is 11.6. The van der Waals surface area contributed by atoms with E-state index in [0.717, 1.165) is 27.7 Å². The molecule has 1 saturated heterocycles. The van der Waals surface area contributed by atoms with E-state index in [1.54, 1.807) is 0 Å². The minimum atomic E-state index is -1.50. The molecule has 5 atom stereocenters. The van der Waals surface area contributed by atoms with Crippen LogP contribution in [0.4, 0.5) is 0 Å². The molecule has 0 saturated carbocycles. The summed E-state index contributed by atoms with van der Waals surface area (Å²) in [7, 11) is 0. The second-order valence-corrected chi connectivity index (χ2v) is 5.77. The van der Waals surface area contributed by atoms with Crippen molar-refractivity contribution in [2.75, 3.05) is 13.2 Å². The Kier molecular flexibility index (Phi) is 8.79. The van der Waals surface area contributed by atoms with E-state index in [-0.39, 0.29) is 0 Å². The highest BCUT2D eigenvalue weighted by atomic mass is 16.7. The largest absolute Gasteiger partial charge is 0.480 e. The molecule has 28 heavy (non-hydrogen) atoms. The number of carboxylic acid groups (broad SMARTS) is 1. The molecule has 12 nitrogen and oxygen atoms in total. The molecular formula is C16H22O12. The highest BCUT2D eigenvalue weighted by Crippen LogP contribution is 2.29. The van der Waals surface area contributed by atoms with Crippen molar-refractivity contribution in [3.05, 3.63) is 0 Å². The lowest BCUT2D eigenvalue weighted by atomic mass is 9.98. The summed E-state index contributed by atoms with van der Waals surface area (Å²) < 4.78 is 30.8. The highest BCUT2D eigenvalue weighted by Gasteiger charge is 2.52. The highest BCUT2D eigenvalue weighted by molar-refractivity contribution is 5.69. The molecule has 0 amide bonds. The van der Waals surface area contributed by atoms with Gasteiger partial charge in [0, 0.05) is 27.7 Å². The first-order chi connectivity index (χ1) is 13.0. The molecule has 1 fully saturated rings. The first kappa shape index (κ1) is 23.3. The second-order valence-electron chi connectivity index (χ2n) is 5.77. The molecule has 1 rings (SSSR count). The molecule has 0 aromatic carbocycles. The number of hydrogen-bond acceptors (Lipinski definition) is 11.